The molecule has 1 heterocycles. The third-order valence-electron chi connectivity index (χ3n) is 1.68. The first-order chi connectivity index (χ1) is 5.84. The lowest BCUT2D eigenvalue weighted by Gasteiger charge is -2.18. The summed E-state index contributed by atoms with van der Waals surface area (Å²) in [6, 6.07) is 0. The lowest BCUT2D eigenvalue weighted by Crippen LogP contribution is -2.43. The number of nitrogens with zero attached hydrogens (tertiary/aromatic N) is 1. The molecule has 0 bridgehead atoms. The van der Waals surface area contributed by atoms with E-state index in [1.807, 2.05) is 42.2 Å². The van der Waals surface area contributed by atoms with Crippen LogP contribution in [0, 0.1) is 15.3 Å². The average Bonchev–Trinajstić information content (AvgIpc) is 1.95. The van der Waals surface area contributed by atoms with Crippen LogP contribution in [0.2, 0.25) is 19.6 Å². The minimum Gasteiger partial charge on any atom is -0.224 e. The first-order valence-electron chi connectivity index (χ1n) is 3.84. The smallest absolute Gasteiger partial charge is 0.224 e. The molecule has 0 aliphatic rings. The fourth-order valence-corrected chi connectivity index (χ4v) is 5.50. The molecule has 0 radical (unpaired) electrons. The normalized spacial score (nSPS) is 11.8. The highest BCUT2D eigenvalue weighted by Crippen LogP contribution is 2.13. The number of hydrogen-bond donors (Lipinski definition) is 0. The van der Waals surface area contributed by atoms with Crippen molar-refractivity contribution in [3.8, 4) is 0 Å². The van der Waals surface area contributed by atoms with Crippen molar-refractivity contribution in [1.82, 2.24) is 4.98 Å². The highest BCUT2D eigenvalue weighted by Gasteiger charge is 2.25. The number of halogens is 3. The predicted octanol–water partition coefficient (Wildman–Crippen LogP) is 2.51. The zero-order chi connectivity index (χ0) is 10.2. The van der Waals surface area contributed by atoms with Gasteiger partial charge in [-0.05, 0) is 27.8 Å². The Kier molecular flexibility index (Phi) is 3.06. The molecule has 0 aliphatic carbocycles. The number of aromatic nitrogens is 1. The van der Waals surface area contributed by atoms with Gasteiger partial charge in [-0.25, -0.2) is 9.37 Å². The zero-order valence-corrected chi connectivity index (χ0v) is 10.8. The van der Waals surface area contributed by atoms with Gasteiger partial charge in [0.05, 0.1) is 17.8 Å². The fourth-order valence-electron chi connectivity index (χ4n) is 1.13. The van der Waals surface area contributed by atoms with Crippen LogP contribution in [-0.2, 0) is 0 Å². The number of rotatable bonds is 1. The molecular weight excluding hydrogens is 303 g/mol. The van der Waals surface area contributed by atoms with E-state index in [1.165, 1.54) is 0 Å². The second kappa shape index (κ2) is 3.60. The monoisotopic (exact) mass is 313 g/mol. The van der Waals surface area contributed by atoms with Crippen LogP contribution >= 0.6 is 22.6 Å². The van der Waals surface area contributed by atoms with Crippen molar-refractivity contribution in [3.05, 3.63) is 21.5 Å². The molecule has 0 N–H and O–H groups in total. The van der Waals surface area contributed by atoms with Gasteiger partial charge in [0.2, 0.25) is 5.95 Å². The van der Waals surface area contributed by atoms with E-state index in [-0.39, 0.29) is 5.82 Å². The summed E-state index contributed by atoms with van der Waals surface area (Å²) in [5.74, 6) is -0.954. The lowest BCUT2D eigenvalue weighted by molar-refractivity contribution is 0.557. The summed E-state index contributed by atoms with van der Waals surface area (Å²) < 4.78 is 26.7. The summed E-state index contributed by atoms with van der Waals surface area (Å²) in [7, 11) is -1.82. The van der Waals surface area contributed by atoms with Gasteiger partial charge in [-0.3, -0.25) is 0 Å². The van der Waals surface area contributed by atoms with Crippen LogP contribution in [0.1, 0.15) is 0 Å². The van der Waals surface area contributed by atoms with Crippen molar-refractivity contribution >= 4 is 35.9 Å². The van der Waals surface area contributed by atoms with Crippen molar-refractivity contribution in [2.75, 3.05) is 0 Å². The van der Waals surface area contributed by atoms with Crippen molar-refractivity contribution < 1.29 is 8.78 Å². The molecule has 0 unspecified atom stereocenters. The van der Waals surface area contributed by atoms with E-state index in [0.717, 1.165) is 6.20 Å². The molecule has 5 heteroatoms. The van der Waals surface area contributed by atoms with Gasteiger partial charge in [-0.15, -0.1) is 0 Å². The van der Waals surface area contributed by atoms with Crippen molar-refractivity contribution in [2.24, 2.45) is 0 Å². The predicted molar refractivity (Wildman–Crippen MR) is 59.9 cm³/mol. The van der Waals surface area contributed by atoms with Crippen LogP contribution in [0.3, 0.4) is 0 Å². The van der Waals surface area contributed by atoms with E-state index in [2.05, 4.69) is 4.98 Å². The molecule has 0 saturated carbocycles. The van der Waals surface area contributed by atoms with E-state index >= 15 is 0 Å². The summed E-state index contributed by atoms with van der Waals surface area (Å²) in [5, 5.41) is 0.528. The molecule has 1 aromatic heterocycles. The fraction of sp³-hybridized carbons (Fsp3) is 0.375. The average molecular weight is 313 g/mol. The van der Waals surface area contributed by atoms with Gasteiger partial charge < -0.3 is 0 Å². The van der Waals surface area contributed by atoms with E-state index in [1.54, 1.807) is 0 Å². The molecule has 1 rings (SSSR count). The van der Waals surface area contributed by atoms with Crippen LogP contribution in [-0.4, -0.2) is 13.1 Å². The summed E-state index contributed by atoms with van der Waals surface area (Å²) in [6.07, 6.45) is 0.963. The van der Waals surface area contributed by atoms with E-state index in [0.29, 0.717) is 8.76 Å². The summed E-state index contributed by atoms with van der Waals surface area (Å²) in [6.45, 7) is 5.94. The summed E-state index contributed by atoms with van der Waals surface area (Å²) in [5.41, 5.74) is 0. The summed E-state index contributed by atoms with van der Waals surface area (Å²) >= 11 is 1.81. The molecule has 0 aromatic carbocycles. The lowest BCUT2D eigenvalue weighted by atomic mass is 10.5. The van der Waals surface area contributed by atoms with Gasteiger partial charge >= 0.3 is 0 Å². The maximum atomic E-state index is 13.3. The maximum absolute atomic E-state index is 13.3. The molecule has 13 heavy (non-hydrogen) atoms. The van der Waals surface area contributed by atoms with E-state index in [4.69, 9.17) is 0 Å². The van der Waals surface area contributed by atoms with Crippen LogP contribution in [0.4, 0.5) is 8.78 Å². The first-order valence-corrected chi connectivity index (χ1v) is 8.42. The molecule has 1 aromatic rings. The standard InChI is InChI=1S/C8H10F2INSi/c1-13(2,3)7-5(9)4-12-8(10)6(7)11/h4H,1-3H3. The Balaban J connectivity index is 3.43. The minimum atomic E-state index is -1.82. The Labute approximate surface area is 90.7 Å². The molecule has 1 nitrogen and oxygen atoms in total. The van der Waals surface area contributed by atoms with Gasteiger partial charge in [0, 0.05) is 0 Å². The first kappa shape index (κ1) is 11.0. The SMILES string of the molecule is C[Si](C)(C)c1c(F)cnc(F)c1I. The highest BCUT2D eigenvalue weighted by molar-refractivity contribution is 14.1. The van der Waals surface area contributed by atoms with Gasteiger partial charge in [-0.2, -0.15) is 4.39 Å². The minimum absolute atomic E-state index is 0.330. The van der Waals surface area contributed by atoms with E-state index in [9.17, 15) is 8.78 Å². The van der Waals surface area contributed by atoms with Gasteiger partial charge in [0.25, 0.3) is 0 Å². The third-order valence-corrected chi connectivity index (χ3v) is 5.16. The van der Waals surface area contributed by atoms with Crippen LogP contribution in [0.5, 0.6) is 0 Å². The quantitative estimate of drug-likeness (QED) is 0.441. The largest absolute Gasteiger partial charge is 0.226 e. The molecule has 0 atom stereocenters. The van der Waals surface area contributed by atoms with Crippen LogP contribution in [0.25, 0.3) is 0 Å². The van der Waals surface area contributed by atoms with E-state index < -0.39 is 14.0 Å². The van der Waals surface area contributed by atoms with Crippen molar-refractivity contribution in [2.45, 2.75) is 19.6 Å². The van der Waals surface area contributed by atoms with Crippen molar-refractivity contribution in [3.63, 3.8) is 0 Å². The molecule has 72 valence electrons. The van der Waals surface area contributed by atoms with Gasteiger partial charge in [0.1, 0.15) is 5.82 Å². The molecule has 0 aliphatic heterocycles. The van der Waals surface area contributed by atoms with Gasteiger partial charge in [-0.1, -0.05) is 19.6 Å². The van der Waals surface area contributed by atoms with Crippen LogP contribution < -0.4 is 5.19 Å². The Hall–Kier alpha value is -0.0431. The second-order valence-corrected chi connectivity index (χ2v) is 9.91. The Morgan fingerprint density at radius 3 is 2.23 bits per heavy atom. The maximum Gasteiger partial charge on any atom is 0.226 e. The number of hydrogen-bond acceptors (Lipinski definition) is 1. The van der Waals surface area contributed by atoms with Crippen LogP contribution in [0.15, 0.2) is 6.20 Å². The zero-order valence-electron chi connectivity index (χ0n) is 7.66. The Bertz CT molecular complexity index is 336. The Morgan fingerprint density at radius 1 is 1.31 bits per heavy atom. The van der Waals surface area contributed by atoms with Gasteiger partial charge in [0.15, 0.2) is 0 Å². The molecule has 0 amide bonds. The second-order valence-electron chi connectivity index (χ2n) is 3.84. The molecular formula is C8H10F2INSi. The topological polar surface area (TPSA) is 12.9 Å². The number of pyridine rings is 1. The third kappa shape index (κ3) is 2.25. The Morgan fingerprint density at radius 2 is 1.85 bits per heavy atom. The van der Waals surface area contributed by atoms with Crippen molar-refractivity contribution in [1.29, 1.82) is 0 Å². The molecule has 0 fully saturated rings. The molecule has 0 spiro atoms. The highest BCUT2D eigenvalue weighted by atomic mass is 127. The molecule has 0 saturated heterocycles. The summed E-state index contributed by atoms with van der Waals surface area (Å²) in [4.78, 5) is 3.33.